The molecule has 8 heteroatoms. The average molecular weight is 313 g/mol. The number of nitrogens with one attached hydrogen (secondary N) is 1. The summed E-state index contributed by atoms with van der Waals surface area (Å²) in [6.07, 6.45) is 7.80. The third-order valence-electron chi connectivity index (χ3n) is 2.85. The van der Waals surface area contributed by atoms with Gasteiger partial charge in [-0.25, -0.2) is 19.3 Å². The molecule has 3 rings (SSSR count). The van der Waals surface area contributed by atoms with Crippen LogP contribution in [0.4, 0.5) is 10.1 Å². The van der Waals surface area contributed by atoms with Crippen molar-refractivity contribution in [1.82, 2.24) is 19.5 Å². The van der Waals surface area contributed by atoms with Crippen LogP contribution in [0.1, 0.15) is 0 Å². The molecule has 3 aromatic rings. The van der Waals surface area contributed by atoms with Crippen LogP contribution < -0.4 is 10.1 Å². The molecule has 23 heavy (non-hydrogen) atoms. The molecule has 0 saturated carbocycles. The van der Waals surface area contributed by atoms with Crippen LogP contribution in [0.2, 0.25) is 0 Å². The number of aromatic nitrogens is 4. The van der Waals surface area contributed by atoms with Crippen LogP contribution in [-0.2, 0) is 4.79 Å². The van der Waals surface area contributed by atoms with E-state index in [9.17, 15) is 9.18 Å². The maximum absolute atomic E-state index is 13.4. The summed E-state index contributed by atoms with van der Waals surface area (Å²) in [6, 6.07) is 5.88. The van der Waals surface area contributed by atoms with Gasteiger partial charge in [0.05, 0.1) is 18.1 Å². The second-order valence-corrected chi connectivity index (χ2v) is 4.51. The zero-order chi connectivity index (χ0) is 16.1. The molecule has 0 unspecified atom stereocenters. The van der Waals surface area contributed by atoms with Gasteiger partial charge in [-0.15, -0.1) is 0 Å². The fourth-order valence-electron chi connectivity index (χ4n) is 1.80. The molecule has 7 nitrogen and oxygen atoms in total. The Morgan fingerprint density at radius 3 is 2.74 bits per heavy atom. The van der Waals surface area contributed by atoms with Crippen molar-refractivity contribution < 1.29 is 13.9 Å². The topological polar surface area (TPSA) is 81.9 Å². The number of halogens is 1. The summed E-state index contributed by atoms with van der Waals surface area (Å²) in [4.78, 5) is 23.9. The molecule has 0 aliphatic carbocycles. The predicted molar refractivity (Wildman–Crippen MR) is 79.7 cm³/mol. The van der Waals surface area contributed by atoms with Crippen molar-refractivity contribution in [3.8, 4) is 11.7 Å². The first-order valence-electron chi connectivity index (χ1n) is 6.70. The molecule has 0 bridgehead atoms. The van der Waals surface area contributed by atoms with E-state index in [1.165, 1.54) is 24.5 Å². The normalized spacial score (nSPS) is 10.3. The van der Waals surface area contributed by atoms with Gasteiger partial charge in [-0.2, -0.15) is 0 Å². The van der Waals surface area contributed by atoms with Crippen molar-refractivity contribution in [2.45, 2.75) is 0 Å². The molecule has 1 aromatic carbocycles. The van der Waals surface area contributed by atoms with Gasteiger partial charge in [0, 0.05) is 12.4 Å². The highest BCUT2D eigenvalue weighted by atomic mass is 19.1. The zero-order valence-corrected chi connectivity index (χ0v) is 11.9. The highest BCUT2D eigenvalue weighted by molar-refractivity contribution is 5.91. The molecular formula is C15H12FN5O2. The van der Waals surface area contributed by atoms with Gasteiger partial charge in [-0.05, 0) is 12.1 Å². The summed E-state index contributed by atoms with van der Waals surface area (Å²) in [7, 11) is 0. The molecular weight excluding hydrogens is 301 g/mol. The van der Waals surface area contributed by atoms with Crippen LogP contribution in [0, 0.1) is 5.82 Å². The second-order valence-electron chi connectivity index (χ2n) is 4.51. The largest absolute Gasteiger partial charge is 0.481 e. The van der Waals surface area contributed by atoms with Gasteiger partial charge >= 0.3 is 0 Å². The lowest BCUT2D eigenvalue weighted by Gasteiger charge is -2.08. The molecule has 1 amide bonds. The Labute approximate surface area is 130 Å². The SMILES string of the molecule is O=C(COc1ccccc1F)Nc1cnc(-n2ccnc2)nc1. The number of carbonyl (C=O) groups excluding carboxylic acids is 1. The highest BCUT2D eigenvalue weighted by Gasteiger charge is 2.07. The minimum absolute atomic E-state index is 0.0226. The van der Waals surface area contributed by atoms with E-state index < -0.39 is 11.7 Å². The first kappa shape index (κ1) is 14.6. The number of hydrogen-bond acceptors (Lipinski definition) is 5. The lowest BCUT2D eigenvalue weighted by Crippen LogP contribution is -2.20. The van der Waals surface area contributed by atoms with E-state index in [1.54, 1.807) is 35.4 Å². The van der Waals surface area contributed by atoms with E-state index in [1.807, 2.05) is 0 Å². The smallest absolute Gasteiger partial charge is 0.262 e. The van der Waals surface area contributed by atoms with Crippen molar-refractivity contribution in [2.75, 3.05) is 11.9 Å². The number of ether oxygens (including phenoxy) is 1. The summed E-state index contributed by atoms with van der Waals surface area (Å²) in [5.74, 6) is -0.502. The molecule has 1 N–H and O–H groups in total. The fourth-order valence-corrected chi connectivity index (χ4v) is 1.80. The number of amides is 1. The summed E-state index contributed by atoms with van der Waals surface area (Å²) in [5.41, 5.74) is 0.413. The Balaban J connectivity index is 1.57. The first-order chi connectivity index (χ1) is 11.2. The first-order valence-corrected chi connectivity index (χ1v) is 6.70. The number of para-hydroxylation sites is 1. The summed E-state index contributed by atoms with van der Waals surface area (Å²) in [6.45, 7) is -0.315. The van der Waals surface area contributed by atoms with Crippen molar-refractivity contribution >= 4 is 11.6 Å². The van der Waals surface area contributed by atoms with E-state index in [0.29, 0.717) is 11.6 Å². The number of benzene rings is 1. The average Bonchev–Trinajstić information content (AvgIpc) is 3.09. The van der Waals surface area contributed by atoms with E-state index in [4.69, 9.17) is 4.74 Å². The van der Waals surface area contributed by atoms with E-state index >= 15 is 0 Å². The van der Waals surface area contributed by atoms with Crippen molar-refractivity contribution in [3.05, 3.63) is 61.2 Å². The van der Waals surface area contributed by atoms with Crippen LogP contribution in [0.5, 0.6) is 5.75 Å². The van der Waals surface area contributed by atoms with Gasteiger partial charge in [0.1, 0.15) is 6.33 Å². The maximum Gasteiger partial charge on any atom is 0.262 e. The summed E-state index contributed by atoms with van der Waals surface area (Å²) < 4.78 is 20.1. The quantitative estimate of drug-likeness (QED) is 0.777. The van der Waals surface area contributed by atoms with Gasteiger partial charge < -0.3 is 10.1 Å². The van der Waals surface area contributed by atoms with Crippen LogP contribution >= 0.6 is 0 Å². The lowest BCUT2D eigenvalue weighted by atomic mass is 10.3. The van der Waals surface area contributed by atoms with Gasteiger partial charge in [-0.3, -0.25) is 9.36 Å². The summed E-state index contributed by atoms with van der Waals surface area (Å²) >= 11 is 0. The molecule has 0 spiro atoms. The summed E-state index contributed by atoms with van der Waals surface area (Å²) in [5, 5.41) is 2.57. The number of rotatable bonds is 5. The standard InChI is InChI=1S/C15H12FN5O2/c16-12-3-1-2-4-13(12)23-9-14(22)20-11-7-18-15(19-8-11)21-6-5-17-10-21/h1-8,10H,9H2,(H,20,22). The Kier molecular flexibility index (Phi) is 4.23. The zero-order valence-electron chi connectivity index (χ0n) is 11.9. The molecule has 0 fully saturated rings. The number of anilines is 1. The monoisotopic (exact) mass is 313 g/mol. The van der Waals surface area contributed by atoms with Gasteiger partial charge in [-0.1, -0.05) is 12.1 Å². The van der Waals surface area contributed by atoms with Crippen molar-refractivity contribution in [1.29, 1.82) is 0 Å². The fraction of sp³-hybridized carbons (Fsp3) is 0.0667. The van der Waals surface area contributed by atoms with Gasteiger partial charge in [0.15, 0.2) is 18.2 Å². The number of nitrogens with zero attached hydrogens (tertiary/aromatic N) is 4. The lowest BCUT2D eigenvalue weighted by molar-refractivity contribution is -0.118. The van der Waals surface area contributed by atoms with Crippen LogP contribution in [0.25, 0.3) is 5.95 Å². The Hall–Kier alpha value is -3.29. The minimum atomic E-state index is -0.520. The van der Waals surface area contributed by atoms with E-state index in [-0.39, 0.29) is 12.4 Å². The molecule has 2 aromatic heterocycles. The van der Waals surface area contributed by atoms with E-state index in [2.05, 4.69) is 20.3 Å². The Morgan fingerprint density at radius 2 is 2.04 bits per heavy atom. The van der Waals surface area contributed by atoms with Gasteiger partial charge in [0.25, 0.3) is 5.91 Å². The minimum Gasteiger partial charge on any atom is -0.481 e. The van der Waals surface area contributed by atoms with E-state index in [0.717, 1.165) is 0 Å². The molecule has 0 aliphatic rings. The maximum atomic E-state index is 13.4. The number of hydrogen-bond donors (Lipinski definition) is 1. The van der Waals surface area contributed by atoms with Crippen LogP contribution in [0.3, 0.4) is 0 Å². The number of imidazole rings is 1. The molecule has 0 atom stereocenters. The Morgan fingerprint density at radius 1 is 1.26 bits per heavy atom. The Bertz CT molecular complexity index is 790. The predicted octanol–water partition coefficient (Wildman–Crippen LogP) is 1.82. The molecule has 0 aliphatic heterocycles. The molecule has 0 radical (unpaired) electrons. The molecule has 2 heterocycles. The van der Waals surface area contributed by atoms with Gasteiger partial charge in [0.2, 0.25) is 5.95 Å². The third kappa shape index (κ3) is 3.67. The second kappa shape index (κ2) is 6.65. The van der Waals surface area contributed by atoms with Crippen molar-refractivity contribution in [3.63, 3.8) is 0 Å². The molecule has 116 valence electrons. The third-order valence-corrected chi connectivity index (χ3v) is 2.85. The highest BCUT2D eigenvalue weighted by Crippen LogP contribution is 2.15. The van der Waals surface area contributed by atoms with Crippen LogP contribution in [-0.4, -0.2) is 32.0 Å². The number of carbonyl (C=O) groups is 1. The molecule has 0 saturated heterocycles. The van der Waals surface area contributed by atoms with Crippen molar-refractivity contribution in [2.24, 2.45) is 0 Å². The van der Waals surface area contributed by atoms with Crippen LogP contribution in [0.15, 0.2) is 55.4 Å².